The number of benzene rings is 2. The molecule has 0 aliphatic heterocycles. The van der Waals surface area contributed by atoms with Gasteiger partial charge in [0.15, 0.2) is 0 Å². The number of carbonyl (C=O) groups is 1. The van der Waals surface area contributed by atoms with Crippen molar-refractivity contribution in [3.8, 4) is 0 Å². The van der Waals surface area contributed by atoms with Crippen molar-refractivity contribution in [1.82, 2.24) is 0 Å². The van der Waals surface area contributed by atoms with Crippen molar-refractivity contribution in [3.05, 3.63) is 63.6 Å². The van der Waals surface area contributed by atoms with Crippen LogP contribution in [0.3, 0.4) is 0 Å². The number of hydrogen-bond donors (Lipinski definition) is 1. The summed E-state index contributed by atoms with van der Waals surface area (Å²) < 4.78 is 6.20. The van der Waals surface area contributed by atoms with E-state index in [1.165, 1.54) is 0 Å². The van der Waals surface area contributed by atoms with E-state index in [-0.39, 0.29) is 6.61 Å². The number of carbonyl (C=O) groups excluding carboxylic acids is 1. The molecule has 0 aliphatic carbocycles. The Hall–Kier alpha value is -1.81. The number of ether oxygens (including phenoxy) is 1. The minimum atomic E-state index is -0.406. The third-order valence-electron chi connectivity index (χ3n) is 2.86. The number of halogens is 1. The minimum absolute atomic E-state index is 0.216. The van der Waals surface area contributed by atoms with Crippen LogP contribution in [0.5, 0.6) is 0 Å². The standard InChI is InChI=1S/C15H14BrNO2/c1-10-5-4-7-12(14(10)17)15(18)19-9-11-6-2-3-8-13(11)16/h2-8H,9,17H2,1H3. The first-order chi connectivity index (χ1) is 9.09. The molecule has 0 amide bonds. The van der Waals surface area contributed by atoms with Crippen molar-refractivity contribution >= 4 is 27.6 Å². The molecule has 98 valence electrons. The van der Waals surface area contributed by atoms with Crippen LogP contribution in [0, 0.1) is 6.92 Å². The second-order valence-electron chi connectivity index (χ2n) is 4.20. The van der Waals surface area contributed by atoms with Gasteiger partial charge in [-0.1, -0.05) is 46.3 Å². The van der Waals surface area contributed by atoms with E-state index in [9.17, 15) is 4.79 Å². The summed E-state index contributed by atoms with van der Waals surface area (Å²) in [4.78, 5) is 12.0. The maximum absolute atomic E-state index is 12.0. The maximum atomic E-state index is 12.0. The Morgan fingerprint density at radius 2 is 1.95 bits per heavy atom. The quantitative estimate of drug-likeness (QED) is 0.693. The second-order valence-corrected chi connectivity index (χ2v) is 5.06. The molecule has 2 aromatic carbocycles. The predicted octanol–water partition coefficient (Wildman–Crippen LogP) is 3.70. The largest absolute Gasteiger partial charge is 0.457 e. The van der Waals surface area contributed by atoms with Crippen LogP contribution in [0.1, 0.15) is 21.5 Å². The molecule has 19 heavy (non-hydrogen) atoms. The maximum Gasteiger partial charge on any atom is 0.340 e. The van der Waals surface area contributed by atoms with Gasteiger partial charge in [-0.15, -0.1) is 0 Å². The van der Waals surface area contributed by atoms with Gasteiger partial charge in [-0.25, -0.2) is 4.79 Å². The van der Waals surface area contributed by atoms with E-state index in [4.69, 9.17) is 10.5 Å². The molecule has 0 heterocycles. The van der Waals surface area contributed by atoms with Crippen LogP contribution in [-0.2, 0) is 11.3 Å². The van der Waals surface area contributed by atoms with Gasteiger partial charge in [-0.2, -0.15) is 0 Å². The highest BCUT2D eigenvalue weighted by molar-refractivity contribution is 9.10. The molecule has 2 rings (SSSR count). The van der Waals surface area contributed by atoms with Crippen LogP contribution in [-0.4, -0.2) is 5.97 Å². The molecule has 4 heteroatoms. The highest BCUT2D eigenvalue weighted by Crippen LogP contribution is 2.20. The highest BCUT2D eigenvalue weighted by Gasteiger charge is 2.12. The number of para-hydroxylation sites is 1. The Labute approximate surface area is 120 Å². The predicted molar refractivity (Wildman–Crippen MR) is 78.9 cm³/mol. The number of nitrogens with two attached hydrogens (primary N) is 1. The summed E-state index contributed by atoms with van der Waals surface area (Å²) in [6, 6.07) is 12.9. The SMILES string of the molecule is Cc1cccc(C(=O)OCc2ccccc2Br)c1N. The average Bonchev–Trinajstić information content (AvgIpc) is 2.40. The van der Waals surface area contributed by atoms with Gasteiger partial charge in [0.25, 0.3) is 0 Å². The molecule has 0 saturated carbocycles. The number of aryl methyl sites for hydroxylation is 1. The molecule has 0 bridgehead atoms. The normalized spacial score (nSPS) is 10.2. The van der Waals surface area contributed by atoms with E-state index in [2.05, 4.69) is 15.9 Å². The summed E-state index contributed by atoms with van der Waals surface area (Å²) in [5, 5.41) is 0. The van der Waals surface area contributed by atoms with Gasteiger partial charge in [-0.05, 0) is 24.6 Å². The molecule has 0 aromatic heterocycles. The summed E-state index contributed by atoms with van der Waals surface area (Å²) in [7, 11) is 0. The van der Waals surface area contributed by atoms with Crippen LogP contribution in [0.4, 0.5) is 5.69 Å². The van der Waals surface area contributed by atoms with Gasteiger partial charge in [0.1, 0.15) is 6.61 Å². The first kappa shape index (κ1) is 13.6. The topological polar surface area (TPSA) is 52.3 Å². The van der Waals surface area contributed by atoms with E-state index in [0.717, 1.165) is 15.6 Å². The number of rotatable bonds is 3. The van der Waals surface area contributed by atoms with Crippen LogP contribution in [0.25, 0.3) is 0 Å². The summed E-state index contributed by atoms with van der Waals surface area (Å²) in [5.41, 5.74) is 8.54. The lowest BCUT2D eigenvalue weighted by molar-refractivity contribution is 0.0473. The molecule has 0 saturated heterocycles. The molecule has 0 atom stereocenters. The van der Waals surface area contributed by atoms with E-state index in [1.54, 1.807) is 12.1 Å². The highest BCUT2D eigenvalue weighted by atomic mass is 79.9. The minimum Gasteiger partial charge on any atom is -0.457 e. The number of anilines is 1. The third kappa shape index (κ3) is 3.15. The molecule has 2 aromatic rings. The third-order valence-corrected chi connectivity index (χ3v) is 3.63. The summed E-state index contributed by atoms with van der Waals surface area (Å²) >= 11 is 3.41. The van der Waals surface area contributed by atoms with Gasteiger partial charge in [-0.3, -0.25) is 0 Å². The lowest BCUT2D eigenvalue weighted by Gasteiger charge is -2.09. The molecule has 0 aliphatic rings. The fourth-order valence-corrected chi connectivity index (χ4v) is 2.09. The fraction of sp³-hybridized carbons (Fsp3) is 0.133. The van der Waals surface area contributed by atoms with Crippen molar-refractivity contribution in [2.45, 2.75) is 13.5 Å². The van der Waals surface area contributed by atoms with Crippen molar-refractivity contribution in [1.29, 1.82) is 0 Å². The van der Waals surface area contributed by atoms with Crippen LogP contribution < -0.4 is 5.73 Å². The van der Waals surface area contributed by atoms with E-state index >= 15 is 0 Å². The Kier molecular flexibility index (Phi) is 4.22. The average molecular weight is 320 g/mol. The second kappa shape index (κ2) is 5.89. The molecule has 0 fully saturated rings. The molecular weight excluding hydrogens is 306 g/mol. The Balaban J connectivity index is 2.10. The Morgan fingerprint density at radius 3 is 2.68 bits per heavy atom. The van der Waals surface area contributed by atoms with Crippen LogP contribution in [0.15, 0.2) is 46.9 Å². The smallest absolute Gasteiger partial charge is 0.340 e. The first-order valence-electron chi connectivity index (χ1n) is 5.85. The van der Waals surface area contributed by atoms with Crippen molar-refractivity contribution in [2.75, 3.05) is 5.73 Å². The van der Waals surface area contributed by atoms with Crippen molar-refractivity contribution in [2.24, 2.45) is 0 Å². The van der Waals surface area contributed by atoms with Crippen molar-refractivity contribution < 1.29 is 9.53 Å². The molecule has 0 spiro atoms. The zero-order chi connectivity index (χ0) is 13.8. The van der Waals surface area contributed by atoms with Gasteiger partial charge in [0, 0.05) is 15.7 Å². The lowest BCUT2D eigenvalue weighted by Crippen LogP contribution is -2.09. The zero-order valence-electron chi connectivity index (χ0n) is 10.5. The molecular formula is C15H14BrNO2. The van der Waals surface area contributed by atoms with Crippen molar-refractivity contribution in [3.63, 3.8) is 0 Å². The van der Waals surface area contributed by atoms with Gasteiger partial charge < -0.3 is 10.5 Å². The zero-order valence-corrected chi connectivity index (χ0v) is 12.1. The van der Waals surface area contributed by atoms with Crippen LogP contribution >= 0.6 is 15.9 Å². The molecule has 3 nitrogen and oxygen atoms in total. The number of hydrogen-bond acceptors (Lipinski definition) is 3. The lowest BCUT2D eigenvalue weighted by atomic mass is 10.1. The molecule has 0 unspecified atom stereocenters. The Morgan fingerprint density at radius 1 is 1.21 bits per heavy atom. The first-order valence-corrected chi connectivity index (χ1v) is 6.64. The Bertz CT molecular complexity index is 611. The summed E-state index contributed by atoms with van der Waals surface area (Å²) in [6.07, 6.45) is 0. The molecule has 2 N–H and O–H groups in total. The van der Waals surface area contributed by atoms with E-state index < -0.39 is 5.97 Å². The molecule has 0 radical (unpaired) electrons. The van der Waals surface area contributed by atoms with Gasteiger partial charge in [0.05, 0.1) is 5.56 Å². The van der Waals surface area contributed by atoms with E-state index in [0.29, 0.717) is 11.3 Å². The number of nitrogen functional groups attached to an aromatic ring is 1. The summed E-state index contributed by atoms with van der Waals surface area (Å²) in [6.45, 7) is 2.08. The van der Waals surface area contributed by atoms with E-state index in [1.807, 2.05) is 37.3 Å². The number of esters is 1. The van der Waals surface area contributed by atoms with Gasteiger partial charge in [0.2, 0.25) is 0 Å². The monoisotopic (exact) mass is 319 g/mol. The fourth-order valence-electron chi connectivity index (χ4n) is 1.70. The van der Waals surface area contributed by atoms with Gasteiger partial charge >= 0.3 is 5.97 Å². The summed E-state index contributed by atoms with van der Waals surface area (Å²) in [5.74, 6) is -0.406. The van der Waals surface area contributed by atoms with Crippen LogP contribution in [0.2, 0.25) is 0 Å².